The van der Waals surface area contributed by atoms with E-state index < -0.39 is 5.97 Å². The highest BCUT2D eigenvalue weighted by atomic mass is 32.1. The number of Topliss-reactive ketones (excluding diaryl/α,β-unsaturated/α-hetero) is 1. The zero-order chi connectivity index (χ0) is 26.1. The Bertz CT molecular complexity index is 1330. The molecule has 10 nitrogen and oxygen atoms in total. The number of aromatic nitrogens is 2. The van der Waals surface area contributed by atoms with Crippen molar-refractivity contribution in [1.82, 2.24) is 9.97 Å². The van der Waals surface area contributed by atoms with E-state index in [1.807, 2.05) is 17.0 Å². The van der Waals surface area contributed by atoms with E-state index in [0.717, 1.165) is 53.4 Å². The Hall–Kier alpha value is -3.86. The number of ketones is 1. The Balaban J connectivity index is 1.40. The summed E-state index contributed by atoms with van der Waals surface area (Å²) < 4.78 is 16.4. The normalized spacial score (nSPS) is 16.4. The molecule has 1 aliphatic carbocycles. The number of hydrogen-bond donors (Lipinski definition) is 2. The molecule has 1 saturated heterocycles. The number of anilines is 3. The predicted octanol–water partition coefficient (Wildman–Crippen LogP) is 4.20. The number of hydrogen-bond acceptors (Lipinski definition) is 10. The fourth-order valence-corrected chi connectivity index (χ4v) is 5.76. The van der Waals surface area contributed by atoms with Crippen LogP contribution in [0.1, 0.15) is 43.4 Å². The van der Waals surface area contributed by atoms with Gasteiger partial charge in [-0.2, -0.15) is 4.98 Å². The Morgan fingerprint density at radius 1 is 1.05 bits per heavy atom. The molecule has 1 atom stereocenters. The summed E-state index contributed by atoms with van der Waals surface area (Å²) in [4.78, 5) is 36.6. The number of aryl methyl sites for hydroxylation is 1. The smallest absolute Gasteiger partial charge is 0.345 e. The second-order valence-electron chi connectivity index (χ2n) is 8.95. The number of carbonyl (C=O) groups excluding carboxylic acids is 1. The molecule has 3 heterocycles. The lowest BCUT2D eigenvalue weighted by molar-refractivity contribution is 0.0702. The average molecular weight is 525 g/mol. The van der Waals surface area contributed by atoms with E-state index in [9.17, 15) is 14.7 Å². The zero-order valence-electron chi connectivity index (χ0n) is 20.9. The number of methoxy groups -OCH3 is 3. The van der Waals surface area contributed by atoms with Crippen molar-refractivity contribution in [3.63, 3.8) is 0 Å². The molecule has 0 amide bonds. The van der Waals surface area contributed by atoms with E-state index in [0.29, 0.717) is 47.6 Å². The van der Waals surface area contributed by atoms with Gasteiger partial charge in [0, 0.05) is 42.4 Å². The summed E-state index contributed by atoms with van der Waals surface area (Å²) in [7, 11) is 4.71. The summed E-state index contributed by atoms with van der Waals surface area (Å²) in [5, 5.41) is 12.6. The Labute approximate surface area is 218 Å². The molecular formula is C26H28N4O6S. The Morgan fingerprint density at radius 3 is 2.43 bits per heavy atom. The van der Waals surface area contributed by atoms with Crippen LogP contribution in [0.4, 0.5) is 17.5 Å². The van der Waals surface area contributed by atoms with Gasteiger partial charge in [0.15, 0.2) is 17.3 Å². The molecule has 2 aromatic heterocycles. The molecule has 1 aliphatic heterocycles. The number of carbonyl (C=O) groups is 2. The molecule has 1 aromatic carbocycles. The van der Waals surface area contributed by atoms with E-state index in [1.54, 1.807) is 27.4 Å². The molecule has 2 N–H and O–H groups in total. The fraction of sp³-hybridized carbons (Fsp3) is 0.385. The molecule has 0 bridgehead atoms. The quantitative estimate of drug-likeness (QED) is 0.394. The van der Waals surface area contributed by atoms with Crippen molar-refractivity contribution < 1.29 is 28.9 Å². The lowest BCUT2D eigenvalue weighted by Crippen LogP contribution is -2.25. The minimum Gasteiger partial charge on any atom is -0.493 e. The Morgan fingerprint density at radius 2 is 1.78 bits per heavy atom. The number of thiophene rings is 1. The lowest BCUT2D eigenvalue weighted by atomic mass is 10.0. The topological polar surface area (TPSA) is 123 Å². The van der Waals surface area contributed by atoms with Crippen molar-refractivity contribution in [3.8, 4) is 17.2 Å². The molecule has 1 fully saturated rings. The van der Waals surface area contributed by atoms with Gasteiger partial charge in [-0.15, -0.1) is 11.3 Å². The fourth-order valence-electron chi connectivity index (χ4n) is 4.90. The molecule has 3 aromatic rings. The van der Waals surface area contributed by atoms with Crippen molar-refractivity contribution in [3.05, 3.63) is 45.3 Å². The van der Waals surface area contributed by atoms with Crippen LogP contribution in [0.2, 0.25) is 0 Å². The van der Waals surface area contributed by atoms with E-state index in [4.69, 9.17) is 24.2 Å². The maximum absolute atomic E-state index is 13.0. The number of nitrogens with one attached hydrogen (secondary N) is 1. The number of nitrogens with zero attached hydrogens (tertiary/aromatic N) is 3. The van der Waals surface area contributed by atoms with Crippen LogP contribution in [0, 0.1) is 5.92 Å². The third kappa shape index (κ3) is 4.78. The highest BCUT2D eigenvalue weighted by Crippen LogP contribution is 2.41. The van der Waals surface area contributed by atoms with Gasteiger partial charge in [-0.25, -0.2) is 9.78 Å². The van der Waals surface area contributed by atoms with E-state index >= 15 is 0 Å². The van der Waals surface area contributed by atoms with Crippen LogP contribution in [-0.2, 0) is 12.8 Å². The van der Waals surface area contributed by atoms with E-state index in [1.165, 1.54) is 6.07 Å². The summed E-state index contributed by atoms with van der Waals surface area (Å²) >= 11 is 1.02. The van der Waals surface area contributed by atoms with Gasteiger partial charge in [0.1, 0.15) is 10.7 Å². The largest absolute Gasteiger partial charge is 0.493 e. The summed E-state index contributed by atoms with van der Waals surface area (Å²) in [5.41, 5.74) is 2.85. The van der Waals surface area contributed by atoms with Crippen LogP contribution in [0.5, 0.6) is 17.2 Å². The molecular weight excluding hydrogens is 496 g/mol. The van der Waals surface area contributed by atoms with Crippen LogP contribution < -0.4 is 24.4 Å². The van der Waals surface area contributed by atoms with Gasteiger partial charge in [-0.1, -0.05) is 0 Å². The second kappa shape index (κ2) is 10.3. The van der Waals surface area contributed by atoms with Crippen molar-refractivity contribution >= 4 is 40.5 Å². The summed E-state index contributed by atoms with van der Waals surface area (Å²) in [6.07, 6.45) is 3.42. The number of benzene rings is 1. The minimum atomic E-state index is -1.02. The maximum atomic E-state index is 13.0. The lowest BCUT2D eigenvalue weighted by Gasteiger charge is -2.20. The molecule has 194 valence electrons. The van der Waals surface area contributed by atoms with Crippen LogP contribution >= 0.6 is 11.3 Å². The summed E-state index contributed by atoms with van der Waals surface area (Å²) in [5.74, 6) is 1.62. The third-order valence-electron chi connectivity index (χ3n) is 6.75. The van der Waals surface area contributed by atoms with Crippen molar-refractivity contribution in [2.45, 2.75) is 25.7 Å². The summed E-state index contributed by atoms with van der Waals surface area (Å²) in [6, 6.07) is 6.75. The SMILES string of the molecule is COc1cc(Nc2nc(N3CCC(C(=O)c4ccc(C(=O)O)s4)C3)nc3c2CCC3)cc(OC)c1OC. The first-order chi connectivity index (χ1) is 17.9. The highest BCUT2D eigenvalue weighted by molar-refractivity contribution is 7.15. The number of ether oxygens (including phenoxy) is 3. The molecule has 1 unspecified atom stereocenters. The van der Waals surface area contributed by atoms with Gasteiger partial charge >= 0.3 is 5.97 Å². The van der Waals surface area contributed by atoms with Crippen molar-refractivity contribution in [2.24, 2.45) is 5.92 Å². The molecule has 2 aliphatic rings. The predicted molar refractivity (Wildman–Crippen MR) is 139 cm³/mol. The monoisotopic (exact) mass is 524 g/mol. The van der Waals surface area contributed by atoms with Crippen LogP contribution in [-0.4, -0.2) is 61.2 Å². The molecule has 37 heavy (non-hydrogen) atoms. The van der Waals surface area contributed by atoms with Gasteiger partial charge in [0.25, 0.3) is 0 Å². The van der Waals surface area contributed by atoms with Gasteiger partial charge in [0.2, 0.25) is 11.7 Å². The minimum absolute atomic E-state index is 0.0306. The molecule has 5 rings (SSSR count). The molecule has 11 heteroatoms. The first kappa shape index (κ1) is 24.8. The molecule has 0 saturated carbocycles. The van der Waals surface area contributed by atoms with Gasteiger partial charge in [-0.3, -0.25) is 4.79 Å². The number of carboxylic acid groups (broad SMARTS) is 1. The summed E-state index contributed by atoms with van der Waals surface area (Å²) in [6.45, 7) is 1.14. The second-order valence-corrected chi connectivity index (χ2v) is 10.0. The molecule has 0 spiro atoms. The van der Waals surface area contributed by atoms with Gasteiger partial charge < -0.3 is 29.5 Å². The number of fused-ring (bicyclic) bond motifs is 1. The van der Waals surface area contributed by atoms with Gasteiger partial charge in [-0.05, 0) is 37.8 Å². The molecule has 0 radical (unpaired) electrons. The van der Waals surface area contributed by atoms with Crippen LogP contribution in [0.25, 0.3) is 0 Å². The van der Waals surface area contributed by atoms with Crippen molar-refractivity contribution in [1.29, 1.82) is 0 Å². The third-order valence-corrected chi connectivity index (χ3v) is 7.84. The van der Waals surface area contributed by atoms with Crippen molar-refractivity contribution in [2.75, 3.05) is 44.6 Å². The Kier molecular flexibility index (Phi) is 6.88. The number of rotatable bonds is 9. The highest BCUT2D eigenvalue weighted by Gasteiger charge is 2.32. The first-order valence-electron chi connectivity index (χ1n) is 12.0. The number of carboxylic acids is 1. The maximum Gasteiger partial charge on any atom is 0.345 e. The van der Waals surface area contributed by atoms with Crippen LogP contribution in [0.15, 0.2) is 24.3 Å². The standard InChI is InChI=1S/C26H28N4O6S/c1-34-18-11-15(12-19(35-2)23(18)36-3)27-24-16-5-4-6-17(16)28-26(29-24)30-10-9-14(13-30)22(31)20-7-8-21(37-20)25(32)33/h7-8,11-12,14H,4-6,9-10,13H2,1-3H3,(H,32,33)(H,27,28,29). The average Bonchev–Trinajstić information content (AvgIpc) is 3.68. The zero-order valence-corrected chi connectivity index (χ0v) is 21.7. The number of aromatic carboxylic acids is 1. The van der Waals surface area contributed by atoms with Gasteiger partial charge in [0.05, 0.1) is 31.9 Å². The first-order valence-corrected chi connectivity index (χ1v) is 12.8. The van der Waals surface area contributed by atoms with E-state index in [2.05, 4.69) is 5.32 Å². The van der Waals surface area contributed by atoms with Crippen LogP contribution in [0.3, 0.4) is 0 Å². The van der Waals surface area contributed by atoms with E-state index in [-0.39, 0.29) is 16.6 Å².